The largest absolute Gasteiger partial charge is 0.355 e. The molecule has 1 aromatic carbocycles. The lowest BCUT2D eigenvalue weighted by molar-refractivity contribution is -0.109. The molecule has 1 saturated heterocycles. The molecule has 3 nitrogen and oxygen atoms in total. The number of nitrogens with one attached hydrogen (secondary N) is 1. The van der Waals surface area contributed by atoms with Crippen LogP contribution in [0.4, 0.5) is 0 Å². The summed E-state index contributed by atoms with van der Waals surface area (Å²) < 4.78 is 0. The minimum absolute atomic E-state index is 0.218. The summed E-state index contributed by atoms with van der Waals surface area (Å²) in [7, 11) is 2.16. The van der Waals surface area contributed by atoms with E-state index in [1.54, 1.807) is 0 Å². The molecule has 1 aromatic rings. The zero-order chi connectivity index (χ0) is 12.3. The van der Waals surface area contributed by atoms with E-state index in [9.17, 15) is 4.79 Å². The number of amides is 1. The number of likely N-dealkylation sites (tertiary alicyclic amines) is 1. The number of nitrogens with zero attached hydrogens (tertiary/aromatic N) is 1. The van der Waals surface area contributed by atoms with Gasteiger partial charge in [-0.15, -0.1) is 0 Å². The van der Waals surface area contributed by atoms with Gasteiger partial charge in [-0.1, -0.05) is 31.2 Å². The number of hydrogen-bond acceptors (Lipinski definition) is 2. The van der Waals surface area contributed by atoms with Crippen molar-refractivity contribution in [3.63, 3.8) is 0 Å². The van der Waals surface area contributed by atoms with E-state index in [0.717, 1.165) is 19.5 Å². The van der Waals surface area contributed by atoms with Crippen molar-refractivity contribution in [3.8, 4) is 0 Å². The summed E-state index contributed by atoms with van der Waals surface area (Å²) >= 11 is 0. The quantitative estimate of drug-likeness (QED) is 0.798. The molecule has 1 N–H and O–H groups in total. The maximum absolute atomic E-state index is 10.4. The molecular formula is C14H20N2O. The normalized spacial score (nSPS) is 24.8. The molecule has 0 bridgehead atoms. The maximum Gasteiger partial charge on any atom is 0.207 e. The molecule has 1 aliphatic rings. The van der Waals surface area contributed by atoms with Gasteiger partial charge in [0.15, 0.2) is 0 Å². The van der Waals surface area contributed by atoms with E-state index in [1.807, 2.05) is 6.07 Å². The summed E-state index contributed by atoms with van der Waals surface area (Å²) in [5, 5.41) is 2.76. The minimum Gasteiger partial charge on any atom is -0.355 e. The fraction of sp³-hybridized carbons (Fsp3) is 0.500. The topological polar surface area (TPSA) is 32.3 Å². The van der Waals surface area contributed by atoms with Crippen LogP contribution < -0.4 is 5.32 Å². The van der Waals surface area contributed by atoms with E-state index in [2.05, 4.69) is 42.4 Å². The first-order valence-electron chi connectivity index (χ1n) is 6.10. The minimum atomic E-state index is 0.218. The van der Waals surface area contributed by atoms with Gasteiger partial charge in [-0.2, -0.15) is 0 Å². The van der Waals surface area contributed by atoms with Crippen molar-refractivity contribution in [1.29, 1.82) is 0 Å². The third-order valence-electron chi connectivity index (χ3n) is 3.71. The van der Waals surface area contributed by atoms with Crippen LogP contribution in [0.2, 0.25) is 0 Å². The van der Waals surface area contributed by atoms with Gasteiger partial charge in [0.1, 0.15) is 0 Å². The van der Waals surface area contributed by atoms with Gasteiger partial charge < -0.3 is 10.2 Å². The summed E-state index contributed by atoms with van der Waals surface area (Å²) in [6.45, 7) is 5.17. The molecule has 0 radical (unpaired) electrons. The van der Waals surface area contributed by atoms with Crippen LogP contribution in [0.15, 0.2) is 24.3 Å². The molecular weight excluding hydrogens is 212 g/mol. The lowest BCUT2D eigenvalue weighted by Gasteiger charge is -2.27. The highest BCUT2D eigenvalue weighted by atomic mass is 16.1. The highest BCUT2D eigenvalue weighted by Gasteiger charge is 2.34. The highest BCUT2D eigenvalue weighted by molar-refractivity contribution is 5.47. The highest BCUT2D eigenvalue weighted by Crippen LogP contribution is 2.35. The summed E-state index contributed by atoms with van der Waals surface area (Å²) in [6, 6.07) is 8.42. The smallest absolute Gasteiger partial charge is 0.207 e. The number of carbonyl (C=O) groups excluding carboxylic acids is 1. The predicted molar refractivity (Wildman–Crippen MR) is 68.8 cm³/mol. The Morgan fingerprint density at radius 3 is 2.88 bits per heavy atom. The van der Waals surface area contributed by atoms with Gasteiger partial charge in [0, 0.05) is 18.5 Å². The number of hydrogen-bond donors (Lipinski definition) is 1. The Morgan fingerprint density at radius 1 is 1.47 bits per heavy atom. The second-order valence-electron chi connectivity index (χ2n) is 5.20. The van der Waals surface area contributed by atoms with Gasteiger partial charge in [0.25, 0.3) is 0 Å². The average molecular weight is 232 g/mol. The molecule has 92 valence electrons. The van der Waals surface area contributed by atoms with Crippen molar-refractivity contribution in [2.75, 3.05) is 20.1 Å². The molecule has 1 amide bonds. The van der Waals surface area contributed by atoms with Crippen molar-refractivity contribution < 1.29 is 4.79 Å². The molecule has 0 aliphatic carbocycles. The first kappa shape index (κ1) is 12.1. The first-order chi connectivity index (χ1) is 8.15. The van der Waals surface area contributed by atoms with Gasteiger partial charge in [-0.3, -0.25) is 4.79 Å². The lowest BCUT2D eigenvalue weighted by atomic mass is 9.79. The van der Waals surface area contributed by atoms with Gasteiger partial charge >= 0.3 is 0 Å². The van der Waals surface area contributed by atoms with Crippen LogP contribution in [0.1, 0.15) is 24.5 Å². The van der Waals surface area contributed by atoms with E-state index < -0.39 is 0 Å². The molecule has 0 aromatic heterocycles. The zero-order valence-electron chi connectivity index (χ0n) is 10.6. The van der Waals surface area contributed by atoms with Gasteiger partial charge in [0.2, 0.25) is 6.41 Å². The van der Waals surface area contributed by atoms with Crippen molar-refractivity contribution >= 4 is 6.41 Å². The second-order valence-corrected chi connectivity index (χ2v) is 5.20. The Labute approximate surface area is 103 Å². The van der Waals surface area contributed by atoms with Gasteiger partial charge in [0.05, 0.1) is 0 Å². The van der Waals surface area contributed by atoms with Crippen LogP contribution in [-0.4, -0.2) is 31.4 Å². The Kier molecular flexibility index (Phi) is 3.48. The van der Waals surface area contributed by atoms with E-state index in [-0.39, 0.29) is 5.41 Å². The third kappa shape index (κ3) is 2.50. The first-order valence-corrected chi connectivity index (χ1v) is 6.10. The summed E-state index contributed by atoms with van der Waals surface area (Å²) in [5.74, 6) is 0. The maximum atomic E-state index is 10.4. The molecule has 0 spiro atoms. The molecule has 1 heterocycles. The average Bonchev–Trinajstić information content (AvgIpc) is 2.68. The van der Waals surface area contributed by atoms with Crippen LogP contribution >= 0.6 is 0 Å². The molecule has 2 rings (SSSR count). The summed E-state index contributed by atoms with van der Waals surface area (Å²) in [5.41, 5.74) is 2.83. The van der Waals surface area contributed by atoms with Crippen molar-refractivity contribution in [2.45, 2.75) is 25.3 Å². The molecule has 0 saturated carbocycles. The summed E-state index contributed by atoms with van der Waals surface area (Å²) in [4.78, 5) is 12.8. The van der Waals surface area contributed by atoms with Crippen LogP contribution in [0.3, 0.4) is 0 Å². The van der Waals surface area contributed by atoms with E-state index in [4.69, 9.17) is 0 Å². The Hall–Kier alpha value is -1.35. The second kappa shape index (κ2) is 4.88. The van der Waals surface area contributed by atoms with E-state index in [1.165, 1.54) is 17.5 Å². The molecule has 1 aliphatic heterocycles. The standard InChI is InChI=1S/C14H20N2O/c1-14(7-8-16(2)10-14)13-6-4-3-5-12(13)9-15-11-17/h3-6,11H,7-10H2,1-2H3,(H,15,17). The molecule has 1 atom stereocenters. The molecule has 1 unspecified atom stereocenters. The van der Waals surface area contributed by atoms with E-state index >= 15 is 0 Å². The van der Waals surface area contributed by atoms with Crippen molar-refractivity contribution in [2.24, 2.45) is 0 Å². The molecule has 1 fully saturated rings. The van der Waals surface area contributed by atoms with Gasteiger partial charge in [-0.25, -0.2) is 0 Å². The van der Waals surface area contributed by atoms with E-state index in [0.29, 0.717) is 6.54 Å². The molecule has 17 heavy (non-hydrogen) atoms. The van der Waals surface area contributed by atoms with Crippen molar-refractivity contribution in [1.82, 2.24) is 10.2 Å². The lowest BCUT2D eigenvalue weighted by Crippen LogP contribution is -2.28. The number of likely N-dealkylation sites (N-methyl/N-ethyl adjacent to an activating group) is 1. The van der Waals surface area contributed by atoms with Crippen LogP contribution in [0, 0.1) is 0 Å². The Balaban J connectivity index is 2.27. The van der Waals surface area contributed by atoms with Crippen LogP contribution in [-0.2, 0) is 16.8 Å². The zero-order valence-corrected chi connectivity index (χ0v) is 10.6. The number of rotatable bonds is 4. The van der Waals surface area contributed by atoms with Gasteiger partial charge in [-0.05, 0) is 31.1 Å². The van der Waals surface area contributed by atoms with Crippen molar-refractivity contribution in [3.05, 3.63) is 35.4 Å². The summed E-state index contributed by atoms with van der Waals surface area (Å²) in [6.07, 6.45) is 1.95. The van der Waals surface area contributed by atoms with Crippen LogP contribution in [0.5, 0.6) is 0 Å². The number of carbonyl (C=O) groups is 1. The van der Waals surface area contributed by atoms with Crippen LogP contribution in [0.25, 0.3) is 0 Å². The number of benzene rings is 1. The third-order valence-corrected chi connectivity index (χ3v) is 3.71. The monoisotopic (exact) mass is 232 g/mol. The molecule has 3 heteroatoms. The Morgan fingerprint density at radius 2 is 2.24 bits per heavy atom. The predicted octanol–water partition coefficient (Wildman–Crippen LogP) is 1.53. The fourth-order valence-electron chi connectivity index (χ4n) is 2.83. The SMILES string of the molecule is CN1CCC(C)(c2ccccc2CNC=O)C1. The fourth-order valence-corrected chi connectivity index (χ4v) is 2.83. The Bertz CT molecular complexity index is 405.